The van der Waals surface area contributed by atoms with Crippen molar-refractivity contribution >= 4 is 5.97 Å². The van der Waals surface area contributed by atoms with E-state index in [0.29, 0.717) is 18.6 Å². The summed E-state index contributed by atoms with van der Waals surface area (Å²) in [6, 6.07) is 0. The number of carbonyl (C=O) groups is 1. The molecule has 0 heterocycles. The Bertz CT molecular complexity index is 369. The number of aliphatic hydroxyl groups excluding tert-OH is 1. The van der Waals surface area contributed by atoms with Crippen molar-refractivity contribution in [1.29, 1.82) is 0 Å². The molecule has 0 aliphatic heterocycles. The maximum atomic E-state index is 11.9. The lowest BCUT2D eigenvalue weighted by atomic mass is 9.97. The first-order valence-electron chi connectivity index (χ1n) is 10.4. The van der Waals surface area contributed by atoms with E-state index in [9.17, 15) is 9.90 Å². The molecule has 0 bridgehead atoms. The molecule has 0 aromatic rings. The lowest BCUT2D eigenvalue weighted by Gasteiger charge is -2.13. The van der Waals surface area contributed by atoms with Crippen molar-refractivity contribution in [3.8, 4) is 0 Å². The predicted octanol–water partition coefficient (Wildman–Crippen LogP) is 5.39. The van der Waals surface area contributed by atoms with Gasteiger partial charge in [-0.05, 0) is 50.9 Å². The van der Waals surface area contributed by atoms with Gasteiger partial charge in [0, 0.05) is 6.61 Å². The van der Waals surface area contributed by atoms with E-state index in [4.69, 9.17) is 4.74 Å². The van der Waals surface area contributed by atoms with Gasteiger partial charge in [0.2, 0.25) is 0 Å². The summed E-state index contributed by atoms with van der Waals surface area (Å²) < 4.78 is 5.19. The topological polar surface area (TPSA) is 46.5 Å². The number of aliphatic hydroxyl groups is 1. The fourth-order valence-electron chi connectivity index (χ4n) is 3.86. The van der Waals surface area contributed by atoms with E-state index in [-0.39, 0.29) is 11.4 Å². The molecule has 0 amide bonds. The Morgan fingerprint density at radius 3 is 1.75 bits per heavy atom. The van der Waals surface area contributed by atoms with Gasteiger partial charge in [0.25, 0.3) is 0 Å². The minimum absolute atomic E-state index is 0.0548. The molecule has 24 heavy (non-hydrogen) atoms. The van der Waals surface area contributed by atoms with Crippen LogP contribution in [0, 0.1) is 10.8 Å². The van der Waals surface area contributed by atoms with Crippen molar-refractivity contribution in [3.05, 3.63) is 0 Å². The second-order valence-electron chi connectivity index (χ2n) is 8.34. The van der Waals surface area contributed by atoms with Crippen molar-refractivity contribution in [1.82, 2.24) is 0 Å². The van der Waals surface area contributed by atoms with Gasteiger partial charge in [-0.15, -0.1) is 0 Å². The second-order valence-corrected chi connectivity index (χ2v) is 8.34. The largest absolute Gasteiger partial charge is 0.466 e. The molecular weight excluding hydrogens is 300 g/mol. The Hall–Kier alpha value is -0.570. The third-order valence-electron chi connectivity index (χ3n) is 6.22. The number of hydrogen-bond acceptors (Lipinski definition) is 3. The van der Waals surface area contributed by atoms with Crippen LogP contribution >= 0.6 is 0 Å². The van der Waals surface area contributed by atoms with Crippen LogP contribution < -0.4 is 0 Å². The van der Waals surface area contributed by atoms with Gasteiger partial charge in [0.1, 0.15) is 0 Å². The van der Waals surface area contributed by atoms with E-state index in [0.717, 1.165) is 19.3 Å². The molecule has 0 unspecified atom stereocenters. The van der Waals surface area contributed by atoms with E-state index in [1.54, 1.807) is 0 Å². The van der Waals surface area contributed by atoms with Gasteiger partial charge < -0.3 is 9.84 Å². The Morgan fingerprint density at radius 1 is 0.833 bits per heavy atom. The number of hydrogen-bond donors (Lipinski definition) is 1. The highest BCUT2D eigenvalue weighted by Crippen LogP contribution is 2.51. The summed E-state index contributed by atoms with van der Waals surface area (Å²) in [7, 11) is 0. The molecule has 140 valence electrons. The van der Waals surface area contributed by atoms with Gasteiger partial charge in [-0.25, -0.2) is 0 Å². The highest BCUT2D eigenvalue weighted by atomic mass is 16.5. The normalized spacial score (nSPS) is 19.9. The quantitative estimate of drug-likeness (QED) is 0.321. The fraction of sp³-hybridized carbons (Fsp3) is 0.952. The zero-order valence-corrected chi connectivity index (χ0v) is 15.8. The summed E-state index contributed by atoms with van der Waals surface area (Å²) in [6.07, 6.45) is 18.7. The molecule has 0 atom stereocenters. The maximum absolute atomic E-state index is 11.9. The molecule has 0 spiro atoms. The monoisotopic (exact) mass is 338 g/mol. The number of ether oxygens (including phenoxy) is 1. The molecule has 2 rings (SSSR count). The fourth-order valence-corrected chi connectivity index (χ4v) is 3.86. The predicted molar refractivity (Wildman–Crippen MR) is 97.8 cm³/mol. The zero-order valence-electron chi connectivity index (χ0n) is 15.8. The Labute approximate surface area is 148 Å². The van der Waals surface area contributed by atoms with Gasteiger partial charge in [0.15, 0.2) is 0 Å². The summed E-state index contributed by atoms with van der Waals surface area (Å²) in [5, 5.41) is 9.29. The first-order chi connectivity index (χ1) is 11.7. The van der Waals surface area contributed by atoms with Gasteiger partial charge in [-0.2, -0.15) is 0 Å². The van der Waals surface area contributed by atoms with Crippen LogP contribution in [-0.4, -0.2) is 24.3 Å². The standard InChI is InChI=1S/C21H38O3/c1-2-24-19(23)21(16-17-21)13-11-9-7-5-3-4-6-8-10-12-20(18-22)14-15-20/h22H,2-18H2,1H3. The van der Waals surface area contributed by atoms with Crippen molar-refractivity contribution in [3.63, 3.8) is 0 Å². The molecule has 2 aliphatic rings. The van der Waals surface area contributed by atoms with E-state index < -0.39 is 0 Å². The minimum atomic E-state index is -0.0799. The third kappa shape index (κ3) is 6.38. The molecule has 2 fully saturated rings. The molecular formula is C21H38O3. The van der Waals surface area contributed by atoms with Crippen molar-refractivity contribution < 1.29 is 14.6 Å². The van der Waals surface area contributed by atoms with Crippen LogP contribution in [0.2, 0.25) is 0 Å². The van der Waals surface area contributed by atoms with Gasteiger partial charge in [-0.1, -0.05) is 57.8 Å². The first-order valence-corrected chi connectivity index (χ1v) is 10.4. The van der Waals surface area contributed by atoms with Gasteiger partial charge >= 0.3 is 5.97 Å². The number of esters is 1. The molecule has 3 heteroatoms. The zero-order chi connectivity index (χ0) is 17.3. The van der Waals surface area contributed by atoms with Crippen molar-refractivity contribution in [2.45, 2.75) is 103 Å². The van der Waals surface area contributed by atoms with Crippen LogP contribution in [0.15, 0.2) is 0 Å². The van der Waals surface area contributed by atoms with Gasteiger partial charge in [-0.3, -0.25) is 4.79 Å². The molecule has 3 nitrogen and oxygen atoms in total. The average molecular weight is 339 g/mol. The molecule has 0 aromatic carbocycles. The van der Waals surface area contributed by atoms with Crippen LogP contribution in [0.4, 0.5) is 0 Å². The van der Waals surface area contributed by atoms with E-state index in [2.05, 4.69) is 0 Å². The van der Waals surface area contributed by atoms with E-state index in [1.165, 1.54) is 77.0 Å². The number of rotatable bonds is 15. The third-order valence-corrected chi connectivity index (χ3v) is 6.22. The Balaban J connectivity index is 1.34. The summed E-state index contributed by atoms with van der Waals surface area (Å²) in [5.41, 5.74) is 0.270. The molecule has 1 N–H and O–H groups in total. The van der Waals surface area contributed by atoms with Crippen molar-refractivity contribution in [2.24, 2.45) is 10.8 Å². The first kappa shape index (κ1) is 19.8. The van der Waals surface area contributed by atoms with Crippen molar-refractivity contribution in [2.75, 3.05) is 13.2 Å². The molecule has 0 radical (unpaired) electrons. The Morgan fingerprint density at radius 2 is 1.33 bits per heavy atom. The van der Waals surface area contributed by atoms with Gasteiger partial charge in [0.05, 0.1) is 12.0 Å². The minimum Gasteiger partial charge on any atom is -0.466 e. The Kier molecular flexibility index (Phi) is 8.06. The SMILES string of the molecule is CCOC(=O)C1(CCCCCCCCCCCC2(CO)CC2)CC1. The highest BCUT2D eigenvalue weighted by molar-refractivity contribution is 5.79. The van der Waals surface area contributed by atoms with Crippen LogP contribution in [0.5, 0.6) is 0 Å². The van der Waals surface area contributed by atoms with Crippen LogP contribution in [0.1, 0.15) is 103 Å². The maximum Gasteiger partial charge on any atom is 0.312 e. The number of carbonyl (C=O) groups excluding carboxylic acids is 1. The van der Waals surface area contributed by atoms with Crippen LogP contribution in [0.25, 0.3) is 0 Å². The number of unbranched alkanes of at least 4 members (excludes halogenated alkanes) is 8. The van der Waals surface area contributed by atoms with E-state index in [1.807, 2.05) is 6.92 Å². The second kappa shape index (κ2) is 9.79. The molecule has 0 aromatic heterocycles. The smallest absolute Gasteiger partial charge is 0.312 e. The van der Waals surface area contributed by atoms with Crippen LogP contribution in [0.3, 0.4) is 0 Å². The molecule has 0 saturated heterocycles. The lowest BCUT2D eigenvalue weighted by Crippen LogP contribution is -2.18. The molecule has 2 saturated carbocycles. The summed E-state index contributed by atoms with van der Waals surface area (Å²) in [6.45, 7) is 2.82. The van der Waals surface area contributed by atoms with E-state index >= 15 is 0 Å². The summed E-state index contributed by atoms with van der Waals surface area (Å²) >= 11 is 0. The summed E-state index contributed by atoms with van der Waals surface area (Å²) in [5.74, 6) is 0.0548. The van der Waals surface area contributed by atoms with Crippen LogP contribution in [-0.2, 0) is 9.53 Å². The lowest BCUT2D eigenvalue weighted by molar-refractivity contribution is -0.150. The average Bonchev–Trinajstić information content (AvgIpc) is 3.49. The highest BCUT2D eigenvalue weighted by Gasteiger charge is 2.50. The molecule has 2 aliphatic carbocycles. The summed E-state index contributed by atoms with van der Waals surface area (Å²) in [4.78, 5) is 11.9.